The van der Waals surface area contributed by atoms with Crippen molar-refractivity contribution in [3.63, 3.8) is 0 Å². The number of piperazine rings is 1. The molecule has 1 fully saturated rings. The Morgan fingerprint density at radius 2 is 2.00 bits per heavy atom. The summed E-state index contributed by atoms with van der Waals surface area (Å²) in [6.07, 6.45) is 4.89. The average Bonchev–Trinajstić information content (AvgIpc) is 3.15. The van der Waals surface area contributed by atoms with Crippen LogP contribution in [0.4, 0.5) is 16.5 Å². The predicted octanol–water partition coefficient (Wildman–Crippen LogP) is 4.24. The number of fused-ring (bicyclic) bond motifs is 1. The van der Waals surface area contributed by atoms with Crippen LogP contribution in [-0.4, -0.2) is 60.7 Å². The third-order valence-electron chi connectivity index (χ3n) is 5.83. The van der Waals surface area contributed by atoms with E-state index in [1.807, 2.05) is 17.2 Å². The number of carbonyl (C=O) groups is 1. The monoisotopic (exact) mass is 453 g/mol. The number of anilines is 3. The molecule has 1 N–H and O–H groups in total. The summed E-state index contributed by atoms with van der Waals surface area (Å²) in [6, 6.07) is 8.48. The minimum atomic E-state index is 0.0526. The molecule has 1 saturated heterocycles. The summed E-state index contributed by atoms with van der Waals surface area (Å²) in [4.78, 5) is 26.7. The number of methoxy groups -OCH3 is 1. The van der Waals surface area contributed by atoms with E-state index in [2.05, 4.69) is 47.2 Å². The van der Waals surface area contributed by atoms with Gasteiger partial charge in [-0.3, -0.25) is 4.79 Å². The van der Waals surface area contributed by atoms with Crippen LogP contribution in [0.3, 0.4) is 0 Å². The molecule has 8 heteroatoms. The highest BCUT2D eigenvalue weighted by Gasteiger charge is 2.21. The largest absolute Gasteiger partial charge is 0.375 e. The second-order valence-corrected chi connectivity index (χ2v) is 8.99. The molecule has 0 aromatic carbocycles. The van der Waals surface area contributed by atoms with Gasteiger partial charge in [-0.05, 0) is 36.6 Å². The molecular formula is C24H31N5O2S. The molecule has 0 saturated carbocycles. The lowest BCUT2D eigenvalue weighted by Crippen LogP contribution is -2.49. The molecule has 1 amide bonds. The second-order valence-electron chi connectivity index (χ2n) is 7.99. The van der Waals surface area contributed by atoms with E-state index in [4.69, 9.17) is 9.72 Å². The van der Waals surface area contributed by atoms with Crippen molar-refractivity contribution < 1.29 is 9.53 Å². The quantitative estimate of drug-likeness (QED) is 0.550. The smallest absolute Gasteiger partial charge is 0.248 e. The number of nitrogens with zero attached hydrogens (tertiary/aromatic N) is 4. The fourth-order valence-corrected chi connectivity index (χ4v) is 5.33. The zero-order chi connectivity index (χ0) is 22.5. The Morgan fingerprint density at radius 1 is 1.19 bits per heavy atom. The SMILES string of the molecule is CCCc1ccc2c(CC)c(Nc3cc(N4CCN(C(=O)COC)CC4)ccn3)sc2n1. The number of carbonyl (C=O) groups excluding carboxylic acids is 1. The maximum Gasteiger partial charge on any atom is 0.248 e. The van der Waals surface area contributed by atoms with Crippen molar-refractivity contribution >= 4 is 44.0 Å². The molecular weight excluding hydrogens is 422 g/mol. The van der Waals surface area contributed by atoms with Gasteiger partial charge in [0.25, 0.3) is 0 Å². The van der Waals surface area contributed by atoms with Crippen LogP contribution >= 0.6 is 11.3 Å². The Morgan fingerprint density at radius 3 is 2.72 bits per heavy atom. The molecule has 0 atom stereocenters. The van der Waals surface area contributed by atoms with Crippen molar-refractivity contribution in [1.29, 1.82) is 0 Å². The lowest BCUT2D eigenvalue weighted by atomic mass is 10.1. The number of hydrogen-bond acceptors (Lipinski definition) is 7. The summed E-state index contributed by atoms with van der Waals surface area (Å²) < 4.78 is 4.98. The number of amides is 1. The maximum atomic E-state index is 12.0. The van der Waals surface area contributed by atoms with E-state index in [-0.39, 0.29) is 12.5 Å². The van der Waals surface area contributed by atoms with Gasteiger partial charge >= 0.3 is 0 Å². The molecule has 0 bridgehead atoms. The van der Waals surface area contributed by atoms with Gasteiger partial charge in [0.2, 0.25) is 5.91 Å². The molecule has 0 radical (unpaired) electrons. The minimum Gasteiger partial charge on any atom is -0.375 e. The van der Waals surface area contributed by atoms with Gasteiger partial charge in [-0.15, -0.1) is 0 Å². The third-order valence-corrected chi connectivity index (χ3v) is 6.88. The van der Waals surface area contributed by atoms with Crippen LogP contribution in [0.25, 0.3) is 10.2 Å². The highest BCUT2D eigenvalue weighted by atomic mass is 32.1. The molecule has 0 spiro atoms. The Hall–Kier alpha value is -2.71. The van der Waals surface area contributed by atoms with E-state index >= 15 is 0 Å². The number of aryl methyl sites for hydroxylation is 2. The summed E-state index contributed by atoms with van der Waals surface area (Å²) in [6.45, 7) is 7.51. The van der Waals surface area contributed by atoms with Gasteiger partial charge < -0.3 is 19.9 Å². The lowest BCUT2D eigenvalue weighted by Gasteiger charge is -2.36. The van der Waals surface area contributed by atoms with E-state index < -0.39 is 0 Å². The van der Waals surface area contributed by atoms with Crippen molar-refractivity contribution in [3.8, 4) is 0 Å². The van der Waals surface area contributed by atoms with E-state index in [9.17, 15) is 4.79 Å². The van der Waals surface area contributed by atoms with Gasteiger partial charge in [-0.2, -0.15) is 0 Å². The zero-order valence-corrected chi connectivity index (χ0v) is 19.9. The van der Waals surface area contributed by atoms with Crippen LogP contribution in [0.15, 0.2) is 30.5 Å². The second kappa shape index (κ2) is 10.3. The van der Waals surface area contributed by atoms with Crippen molar-refractivity contribution in [3.05, 3.63) is 41.7 Å². The molecule has 7 nitrogen and oxygen atoms in total. The first-order valence-electron chi connectivity index (χ1n) is 11.3. The molecule has 32 heavy (non-hydrogen) atoms. The molecule has 1 aliphatic heterocycles. The number of aromatic nitrogens is 2. The summed E-state index contributed by atoms with van der Waals surface area (Å²) >= 11 is 1.70. The number of nitrogens with one attached hydrogen (secondary N) is 1. The van der Waals surface area contributed by atoms with Gasteiger partial charge in [0.05, 0.1) is 5.00 Å². The predicted molar refractivity (Wildman–Crippen MR) is 131 cm³/mol. The third kappa shape index (κ3) is 4.86. The molecule has 0 aliphatic carbocycles. The van der Waals surface area contributed by atoms with E-state index in [1.165, 1.54) is 10.9 Å². The average molecular weight is 454 g/mol. The van der Waals surface area contributed by atoms with Gasteiger partial charge in [0.1, 0.15) is 17.3 Å². The summed E-state index contributed by atoms with van der Waals surface area (Å²) in [5, 5.41) is 5.89. The Kier molecular flexibility index (Phi) is 7.22. The van der Waals surface area contributed by atoms with Crippen molar-refractivity contribution in [2.45, 2.75) is 33.1 Å². The van der Waals surface area contributed by atoms with Crippen molar-refractivity contribution in [2.75, 3.05) is 50.1 Å². The first kappa shape index (κ1) is 22.5. The van der Waals surface area contributed by atoms with Crippen LogP contribution in [-0.2, 0) is 22.4 Å². The maximum absolute atomic E-state index is 12.0. The zero-order valence-electron chi connectivity index (χ0n) is 19.1. The molecule has 3 aromatic heterocycles. The van der Waals surface area contributed by atoms with Gasteiger partial charge in [0, 0.05) is 62.3 Å². The molecule has 4 rings (SSSR count). The number of ether oxygens (including phenoxy) is 1. The minimum absolute atomic E-state index is 0.0526. The van der Waals surface area contributed by atoms with Crippen LogP contribution < -0.4 is 10.2 Å². The van der Waals surface area contributed by atoms with Gasteiger partial charge in [-0.25, -0.2) is 9.97 Å². The van der Waals surface area contributed by atoms with Crippen molar-refractivity contribution in [2.24, 2.45) is 0 Å². The molecule has 3 aromatic rings. The molecule has 1 aliphatic rings. The first-order chi connectivity index (χ1) is 15.6. The fourth-order valence-electron chi connectivity index (χ4n) is 4.14. The van der Waals surface area contributed by atoms with Crippen LogP contribution in [0, 0.1) is 0 Å². The summed E-state index contributed by atoms with van der Waals surface area (Å²) in [5.74, 6) is 0.882. The van der Waals surface area contributed by atoms with E-state index in [0.717, 1.165) is 59.4 Å². The van der Waals surface area contributed by atoms with E-state index in [0.29, 0.717) is 13.1 Å². The Balaban J connectivity index is 1.50. The number of thiophene rings is 1. The Bertz CT molecular complexity index is 1080. The summed E-state index contributed by atoms with van der Waals surface area (Å²) in [5.41, 5.74) is 3.56. The molecule has 170 valence electrons. The number of hydrogen-bond donors (Lipinski definition) is 1. The van der Waals surface area contributed by atoms with Crippen molar-refractivity contribution in [1.82, 2.24) is 14.9 Å². The van der Waals surface area contributed by atoms with Crippen LogP contribution in [0.5, 0.6) is 0 Å². The molecule has 4 heterocycles. The fraction of sp³-hybridized carbons (Fsp3) is 0.458. The first-order valence-corrected chi connectivity index (χ1v) is 12.1. The van der Waals surface area contributed by atoms with Crippen LogP contribution in [0.1, 0.15) is 31.5 Å². The molecule has 0 unspecified atom stereocenters. The number of rotatable bonds is 8. The lowest BCUT2D eigenvalue weighted by molar-refractivity contribution is -0.135. The standard InChI is InChI=1S/C24H31N5O2S/c1-4-6-17-7-8-20-19(5-2)23(32-24(20)26-17)27-21-15-18(9-10-25-21)28-11-13-29(14-12-28)22(30)16-31-3/h7-10,15H,4-6,11-14,16H2,1-3H3,(H,25,27). The Labute approximate surface area is 193 Å². The van der Waals surface area contributed by atoms with E-state index in [1.54, 1.807) is 18.4 Å². The van der Waals surface area contributed by atoms with Crippen LogP contribution in [0.2, 0.25) is 0 Å². The summed E-state index contributed by atoms with van der Waals surface area (Å²) in [7, 11) is 1.56. The topological polar surface area (TPSA) is 70.6 Å². The highest BCUT2D eigenvalue weighted by molar-refractivity contribution is 7.22. The number of pyridine rings is 2. The highest BCUT2D eigenvalue weighted by Crippen LogP contribution is 2.37. The van der Waals surface area contributed by atoms with Gasteiger partial charge in [0.15, 0.2) is 0 Å². The van der Waals surface area contributed by atoms with Gasteiger partial charge in [-0.1, -0.05) is 31.6 Å². The normalized spacial score (nSPS) is 14.2.